The van der Waals surface area contributed by atoms with Crippen molar-refractivity contribution in [2.75, 3.05) is 13.2 Å². The molecule has 4 nitrogen and oxygen atoms in total. The molecule has 18 heavy (non-hydrogen) atoms. The molecule has 0 aliphatic carbocycles. The van der Waals surface area contributed by atoms with Crippen molar-refractivity contribution >= 4 is 5.91 Å². The Kier molecular flexibility index (Phi) is 6.09. The minimum Gasteiger partial charge on any atom is -0.377 e. The molecule has 106 valence electrons. The largest absolute Gasteiger partial charge is 0.377 e. The fourth-order valence-corrected chi connectivity index (χ4v) is 2.53. The summed E-state index contributed by atoms with van der Waals surface area (Å²) in [5, 5.41) is 3.30. The summed E-state index contributed by atoms with van der Waals surface area (Å²) < 4.78 is 5.55. The number of amides is 1. The van der Waals surface area contributed by atoms with Crippen molar-refractivity contribution < 1.29 is 9.53 Å². The number of nitrogens with one attached hydrogen (secondary N) is 1. The lowest BCUT2D eigenvalue weighted by Crippen LogP contribution is -2.51. The van der Waals surface area contributed by atoms with Crippen LogP contribution in [-0.4, -0.2) is 48.2 Å². The zero-order valence-electron chi connectivity index (χ0n) is 12.4. The summed E-state index contributed by atoms with van der Waals surface area (Å²) in [4.78, 5) is 14.3. The van der Waals surface area contributed by atoms with E-state index < -0.39 is 0 Å². The minimum absolute atomic E-state index is 0.140. The van der Waals surface area contributed by atoms with Crippen LogP contribution in [0.4, 0.5) is 0 Å². The molecule has 4 heteroatoms. The smallest absolute Gasteiger partial charge is 0.239 e. The van der Waals surface area contributed by atoms with Gasteiger partial charge in [-0.3, -0.25) is 4.79 Å². The molecule has 1 fully saturated rings. The number of rotatable bonds is 6. The molecule has 1 saturated heterocycles. The molecule has 0 aromatic heterocycles. The Balaban J connectivity index is 2.43. The van der Waals surface area contributed by atoms with Crippen LogP contribution in [0.1, 0.15) is 47.5 Å². The average Bonchev–Trinajstić information content (AvgIpc) is 2.77. The van der Waals surface area contributed by atoms with E-state index in [2.05, 4.69) is 33.0 Å². The lowest BCUT2D eigenvalue weighted by molar-refractivity contribution is -0.136. The second-order valence-electron chi connectivity index (χ2n) is 5.70. The zero-order valence-corrected chi connectivity index (χ0v) is 12.4. The van der Waals surface area contributed by atoms with Crippen LogP contribution in [-0.2, 0) is 9.53 Å². The van der Waals surface area contributed by atoms with Gasteiger partial charge in [-0.1, -0.05) is 0 Å². The topological polar surface area (TPSA) is 41.6 Å². The maximum absolute atomic E-state index is 12.4. The summed E-state index contributed by atoms with van der Waals surface area (Å²) in [5.41, 5.74) is 0. The first-order valence-electron chi connectivity index (χ1n) is 7.10. The number of ether oxygens (including phenoxy) is 1. The SMILES string of the molecule is CC(C)N(C(=O)[C@H](C)NC[C@@H]1CCCO1)C(C)C. The number of nitrogens with zero attached hydrogens (tertiary/aromatic N) is 1. The molecule has 1 rings (SSSR count). The molecular weight excluding hydrogens is 228 g/mol. The molecule has 1 aliphatic rings. The minimum atomic E-state index is -0.140. The van der Waals surface area contributed by atoms with E-state index in [1.54, 1.807) is 0 Å². The van der Waals surface area contributed by atoms with Crippen molar-refractivity contribution in [3.63, 3.8) is 0 Å². The van der Waals surface area contributed by atoms with Gasteiger partial charge >= 0.3 is 0 Å². The number of hydrogen-bond donors (Lipinski definition) is 1. The third-order valence-electron chi connectivity index (χ3n) is 3.41. The average molecular weight is 256 g/mol. The number of hydrogen-bond acceptors (Lipinski definition) is 3. The van der Waals surface area contributed by atoms with Gasteiger partial charge in [-0.15, -0.1) is 0 Å². The van der Waals surface area contributed by atoms with Crippen molar-refractivity contribution in [1.82, 2.24) is 10.2 Å². The van der Waals surface area contributed by atoms with Gasteiger partial charge < -0.3 is 15.0 Å². The van der Waals surface area contributed by atoms with E-state index in [1.807, 2.05) is 11.8 Å². The maximum atomic E-state index is 12.4. The van der Waals surface area contributed by atoms with Crippen LogP contribution in [0.25, 0.3) is 0 Å². The van der Waals surface area contributed by atoms with Gasteiger partial charge in [-0.2, -0.15) is 0 Å². The van der Waals surface area contributed by atoms with Crippen molar-refractivity contribution in [3.8, 4) is 0 Å². The maximum Gasteiger partial charge on any atom is 0.239 e. The Morgan fingerprint density at radius 3 is 2.33 bits per heavy atom. The Labute approximate surface area is 111 Å². The van der Waals surface area contributed by atoms with Gasteiger partial charge in [0, 0.05) is 25.2 Å². The van der Waals surface area contributed by atoms with Gasteiger partial charge in [0.2, 0.25) is 5.91 Å². The molecule has 0 saturated carbocycles. The van der Waals surface area contributed by atoms with Gasteiger partial charge in [0.25, 0.3) is 0 Å². The van der Waals surface area contributed by atoms with Gasteiger partial charge in [-0.05, 0) is 47.5 Å². The van der Waals surface area contributed by atoms with Crippen molar-refractivity contribution in [2.24, 2.45) is 0 Å². The third-order valence-corrected chi connectivity index (χ3v) is 3.41. The molecule has 1 N–H and O–H groups in total. The number of carbonyl (C=O) groups excluding carboxylic acids is 1. The van der Waals surface area contributed by atoms with Gasteiger partial charge in [0.1, 0.15) is 0 Å². The normalized spacial score (nSPS) is 21.6. The van der Waals surface area contributed by atoms with E-state index >= 15 is 0 Å². The Hall–Kier alpha value is -0.610. The fraction of sp³-hybridized carbons (Fsp3) is 0.929. The molecule has 0 radical (unpaired) electrons. The van der Waals surface area contributed by atoms with E-state index in [-0.39, 0.29) is 30.1 Å². The zero-order chi connectivity index (χ0) is 13.7. The van der Waals surface area contributed by atoms with Crippen LogP contribution in [0.3, 0.4) is 0 Å². The first-order chi connectivity index (χ1) is 8.43. The lowest BCUT2D eigenvalue weighted by Gasteiger charge is -2.33. The summed E-state index contributed by atoms with van der Waals surface area (Å²) in [6, 6.07) is 0.341. The van der Waals surface area contributed by atoms with Gasteiger partial charge in [0.15, 0.2) is 0 Å². The lowest BCUT2D eigenvalue weighted by atomic mass is 10.1. The summed E-state index contributed by atoms with van der Waals surface area (Å²) >= 11 is 0. The monoisotopic (exact) mass is 256 g/mol. The van der Waals surface area contributed by atoms with Crippen molar-refractivity contribution in [3.05, 3.63) is 0 Å². The first kappa shape index (κ1) is 15.4. The molecule has 2 atom stereocenters. The van der Waals surface area contributed by atoms with Crippen molar-refractivity contribution in [2.45, 2.75) is 71.7 Å². The van der Waals surface area contributed by atoms with Gasteiger partial charge in [0.05, 0.1) is 12.1 Å². The van der Waals surface area contributed by atoms with Crippen LogP contribution in [0.15, 0.2) is 0 Å². The highest BCUT2D eigenvalue weighted by molar-refractivity contribution is 5.82. The summed E-state index contributed by atoms with van der Waals surface area (Å²) in [5.74, 6) is 0.179. The molecule has 1 heterocycles. The van der Waals surface area contributed by atoms with E-state index in [9.17, 15) is 4.79 Å². The van der Waals surface area contributed by atoms with Crippen LogP contribution in [0.2, 0.25) is 0 Å². The van der Waals surface area contributed by atoms with Crippen molar-refractivity contribution in [1.29, 1.82) is 0 Å². The number of carbonyl (C=O) groups is 1. The highest BCUT2D eigenvalue weighted by Gasteiger charge is 2.25. The molecular formula is C14H28N2O2. The molecule has 0 spiro atoms. The van der Waals surface area contributed by atoms with E-state index in [1.165, 1.54) is 0 Å². The Morgan fingerprint density at radius 2 is 1.89 bits per heavy atom. The van der Waals surface area contributed by atoms with Crippen LogP contribution in [0.5, 0.6) is 0 Å². The summed E-state index contributed by atoms with van der Waals surface area (Å²) in [6.45, 7) is 11.8. The molecule has 0 bridgehead atoms. The third kappa shape index (κ3) is 4.25. The highest BCUT2D eigenvalue weighted by atomic mass is 16.5. The predicted molar refractivity (Wildman–Crippen MR) is 73.6 cm³/mol. The Morgan fingerprint density at radius 1 is 1.28 bits per heavy atom. The van der Waals surface area contributed by atoms with Gasteiger partial charge in [-0.25, -0.2) is 0 Å². The standard InChI is InChI=1S/C14H28N2O2/c1-10(2)16(11(3)4)14(17)12(5)15-9-13-7-6-8-18-13/h10-13,15H,6-9H2,1-5H3/t12-,13-/m0/s1. The predicted octanol–water partition coefficient (Wildman–Crippen LogP) is 1.79. The van der Waals surface area contributed by atoms with E-state index in [0.717, 1.165) is 26.0 Å². The quantitative estimate of drug-likeness (QED) is 0.788. The molecule has 0 aromatic carbocycles. The second-order valence-corrected chi connectivity index (χ2v) is 5.70. The van der Waals surface area contributed by atoms with Crippen LogP contribution >= 0.6 is 0 Å². The molecule has 1 amide bonds. The molecule has 0 aromatic rings. The second kappa shape index (κ2) is 7.10. The Bertz CT molecular complexity index is 253. The van der Waals surface area contributed by atoms with E-state index in [0.29, 0.717) is 0 Å². The summed E-state index contributed by atoms with van der Waals surface area (Å²) in [7, 11) is 0. The molecule has 1 aliphatic heterocycles. The fourth-order valence-electron chi connectivity index (χ4n) is 2.53. The van der Waals surface area contributed by atoms with E-state index in [4.69, 9.17) is 4.74 Å². The molecule has 0 unspecified atom stereocenters. The van der Waals surface area contributed by atoms with Crippen LogP contribution < -0.4 is 5.32 Å². The first-order valence-corrected chi connectivity index (χ1v) is 7.10. The van der Waals surface area contributed by atoms with Crippen LogP contribution in [0, 0.1) is 0 Å². The highest BCUT2D eigenvalue weighted by Crippen LogP contribution is 2.12. The summed E-state index contributed by atoms with van der Waals surface area (Å²) in [6.07, 6.45) is 2.52.